The Labute approximate surface area is 122 Å². The monoisotopic (exact) mass is 286 g/mol. The molecule has 2 atom stereocenters. The molecule has 0 aromatic heterocycles. The van der Waals surface area contributed by atoms with E-state index in [4.69, 9.17) is 9.84 Å². The lowest BCUT2D eigenvalue weighted by atomic mass is 10.1. The summed E-state index contributed by atoms with van der Waals surface area (Å²) in [6.07, 6.45) is 5.17. The molecule has 1 rings (SSSR count). The minimum absolute atomic E-state index is 0.145. The normalized spacial score (nSPS) is 21.1. The molecule has 1 heterocycles. The number of carbonyl (C=O) groups is 1. The minimum Gasteiger partial charge on any atom is -0.465 e. The van der Waals surface area contributed by atoms with E-state index in [1.807, 2.05) is 6.92 Å². The van der Waals surface area contributed by atoms with Gasteiger partial charge in [0.25, 0.3) is 0 Å². The van der Waals surface area contributed by atoms with Gasteiger partial charge in [-0.25, -0.2) is 0 Å². The fourth-order valence-electron chi connectivity index (χ4n) is 2.85. The largest absolute Gasteiger partial charge is 0.465 e. The molecule has 1 aliphatic heterocycles. The topological polar surface area (TPSA) is 61.8 Å². The predicted octanol–water partition coefficient (Wildman–Crippen LogP) is 1.15. The summed E-state index contributed by atoms with van der Waals surface area (Å²) in [5.41, 5.74) is 0. The van der Waals surface area contributed by atoms with Crippen LogP contribution in [-0.4, -0.2) is 60.9 Å². The highest BCUT2D eigenvalue weighted by molar-refractivity contribution is 5.75. The molecule has 1 saturated heterocycles. The third kappa shape index (κ3) is 5.77. The number of rotatable bonds is 10. The predicted molar refractivity (Wildman–Crippen MR) is 79.6 cm³/mol. The molecule has 0 aromatic carbocycles. The van der Waals surface area contributed by atoms with Gasteiger partial charge >= 0.3 is 5.97 Å². The van der Waals surface area contributed by atoms with Crippen molar-refractivity contribution < 1.29 is 14.6 Å². The van der Waals surface area contributed by atoms with E-state index in [0.717, 1.165) is 19.5 Å². The van der Waals surface area contributed by atoms with Crippen molar-refractivity contribution in [3.05, 3.63) is 0 Å². The van der Waals surface area contributed by atoms with Gasteiger partial charge in [0.15, 0.2) is 0 Å². The maximum atomic E-state index is 11.9. The van der Waals surface area contributed by atoms with Gasteiger partial charge in [-0.05, 0) is 52.1 Å². The molecule has 0 spiro atoms. The minimum atomic E-state index is -0.250. The summed E-state index contributed by atoms with van der Waals surface area (Å²) < 4.78 is 5.12. The van der Waals surface area contributed by atoms with Crippen LogP contribution in [0.25, 0.3) is 0 Å². The highest BCUT2D eigenvalue weighted by atomic mass is 16.5. The van der Waals surface area contributed by atoms with E-state index in [0.29, 0.717) is 25.6 Å². The average molecular weight is 286 g/mol. The van der Waals surface area contributed by atoms with Crippen LogP contribution >= 0.6 is 0 Å². The Bertz CT molecular complexity index is 274. The standard InChI is InChI=1S/C15H30N2O3/c1-3-13-7-5-10-17(13)11-8-14(15(19)20-4-2)16-9-6-12-18/h13-14,16,18H,3-12H2,1-2H3/t13-,14+/m1/s1. The number of likely N-dealkylation sites (tertiary alicyclic amines) is 1. The fourth-order valence-corrected chi connectivity index (χ4v) is 2.85. The molecule has 0 radical (unpaired) electrons. The van der Waals surface area contributed by atoms with Crippen LogP contribution in [0.1, 0.15) is 46.0 Å². The number of ether oxygens (including phenoxy) is 1. The van der Waals surface area contributed by atoms with E-state index in [2.05, 4.69) is 17.1 Å². The summed E-state index contributed by atoms with van der Waals surface area (Å²) >= 11 is 0. The second kappa shape index (κ2) is 10.1. The zero-order chi connectivity index (χ0) is 14.8. The van der Waals surface area contributed by atoms with E-state index in [1.54, 1.807) is 0 Å². The van der Waals surface area contributed by atoms with Gasteiger partial charge in [-0.3, -0.25) is 4.79 Å². The lowest BCUT2D eigenvalue weighted by molar-refractivity contribution is -0.146. The zero-order valence-electron chi connectivity index (χ0n) is 12.9. The Morgan fingerprint density at radius 2 is 2.30 bits per heavy atom. The van der Waals surface area contributed by atoms with Gasteiger partial charge in [-0.15, -0.1) is 0 Å². The third-order valence-electron chi connectivity index (χ3n) is 3.97. The molecule has 0 bridgehead atoms. The zero-order valence-corrected chi connectivity index (χ0v) is 12.9. The van der Waals surface area contributed by atoms with E-state index in [9.17, 15) is 4.79 Å². The number of aliphatic hydroxyl groups excluding tert-OH is 1. The van der Waals surface area contributed by atoms with Crippen LogP contribution in [0.15, 0.2) is 0 Å². The Hall–Kier alpha value is -0.650. The first-order valence-electron chi connectivity index (χ1n) is 7.97. The van der Waals surface area contributed by atoms with Crippen molar-refractivity contribution in [1.82, 2.24) is 10.2 Å². The lowest BCUT2D eigenvalue weighted by Gasteiger charge is -2.25. The molecule has 0 unspecified atom stereocenters. The Morgan fingerprint density at radius 1 is 1.50 bits per heavy atom. The van der Waals surface area contributed by atoms with Gasteiger partial charge in [0.05, 0.1) is 6.61 Å². The maximum absolute atomic E-state index is 11.9. The van der Waals surface area contributed by atoms with Crippen LogP contribution < -0.4 is 5.32 Å². The number of nitrogens with zero attached hydrogens (tertiary/aromatic N) is 1. The maximum Gasteiger partial charge on any atom is 0.323 e. The highest BCUT2D eigenvalue weighted by Gasteiger charge is 2.25. The summed E-state index contributed by atoms with van der Waals surface area (Å²) in [6, 6.07) is 0.426. The first-order chi connectivity index (χ1) is 9.72. The molecular formula is C15H30N2O3. The summed E-state index contributed by atoms with van der Waals surface area (Å²) in [7, 11) is 0. The van der Waals surface area contributed by atoms with Crippen LogP contribution in [0.5, 0.6) is 0 Å². The third-order valence-corrected chi connectivity index (χ3v) is 3.97. The van der Waals surface area contributed by atoms with Crippen LogP contribution in [0.3, 0.4) is 0 Å². The van der Waals surface area contributed by atoms with E-state index in [1.165, 1.54) is 19.3 Å². The van der Waals surface area contributed by atoms with Crippen molar-refractivity contribution in [1.29, 1.82) is 0 Å². The van der Waals surface area contributed by atoms with Gasteiger partial charge in [0.1, 0.15) is 6.04 Å². The van der Waals surface area contributed by atoms with E-state index >= 15 is 0 Å². The van der Waals surface area contributed by atoms with Crippen LogP contribution in [-0.2, 0) is 9.53 Å². The number of aliphatic hydroxyl groups is 1. The molecule has 1 aliphatic rings. The Balaban J connectivity index is 2.40. The Kier molecular flexibility index (Phi) is 8.82. The molecule has 5 nitrogen and oxygen atoms in total. The van der Waals surface area contributed by atoms with E-state index in [-0.39, 0.29) is 18.6 Å². The van der Waals surface area contributed by atoms with Crippen LogP contribution in [0, 0.1) is 0 Å². The van der Waals surface area contributed by atoms with E-state index < -0.39 is 0 Å². The van der Waals surface area contributed by atoms with Gasteiger partial charge in [-0.2, -0.15) is 0 Å². The summed E-state index contributed by atoms with van der Waals surface area (Å²) in [5.74, 6) is -0.169. The second-order valence-electron chi connectivity index (χ2n) is 5.36. The fraction of sp³-hybridized carbons (Fsp3) is 0.933. The van der Waals surface area contributed by atoms with Crippen LogP contribution in [0.2, 0.25) is 0 Å². The van der Waals surface area contributed by atoms with Crippen molar-refractivity contribution in [3.63, 3.8) is 0 Å². The second-order valence-corrected chi connectivity index (χ2v) is 5.36. The van der Waals surface area contributed by atoms with Gasteiger partial charge < -0.3 is 20.1 Å². The molecule has 0 saturated carbocycles. The SMILES string of the molecule is CCOC(=O)[C@H](CCN1CCC[C@H]1CC)NCCCO. The number of hydrogen-bond acceptors (Lipinski definition) is 5. The summed E-state index contributed by atoms with van der Waals surface area (Å²) in [4.78, 5) is 14.4. The highest BCUT2D eigenvalue weighted by Crippen LogP contribution is 2.20. The summed E-state index contributed by atoms with van der Waals surface area (Å²) in [6.45, 7) is 7.35. The molecule has 0 aliphatic carbocycles. The number of carbonyl (C=O) groups excluding carboxylic acids is 1. The van der Waals surface area contributed by atoms with Crippen molar-refractivity contribution in [2.75, 3.05) is 32.8 Å². The molecule has 1 fully saturated rings. The quantitative estimate of drug-likeness (QED) is 0.466. The smallest absolute Gasteiger partial charge is 0.323 e. The molecule has 2 N–H and O–H groups in total. The van der Waals surface area contributed by atoms with Crippen LogP contribution in [0.4, 0.5) is 0 Å². The van der Waals surface area contributed by atoms with Crippen molar-refractivity contribution in [2.24, 2.45) is 0 Å². The van der Waals surface area contributed by atoms with Crippen molar-refractivity contribution in [2.45, 2.75) is 58.0 Å². The molecule has 5 heteroatoms. The Morgan fingerprint density at radius 3 is 2.95 bits per heavy atom. The molecule has 0 amide bonds. The number of nitrogens with one attached hydrogen (secondary N) is 1. The van der Waals surface area contributed by atoms with Gasteiger partial charge in [0, 0.05) is 19.2 Å². The molecule has 118 valence electrons. The van der Waals surface area contributed by atoms with Crippen molar-refractivity contribution >= 4 is 5.97 Å². The first kappa shape index (κ1) is 17.4. The summed E-state index contributed by atoms with van der Waals surface area (Å²) in [5, 5.41) is 12.0. The molecule has 20 heavy (non-hydrogen) atoms. The lowest BCUT2D eigenvalue weighted by Crippen LogP contribution is -2.42. The van der Waals surface area contributed by atoms with Gasteiger partial charge in [-0.1, -0.05) is 6.92 Å². The van der Waals surface area contributed by atoms with Crippen molar-refractivity contribution in [3.8, 4) is 0 Å². The molecular weight excluding hydrogens is 256 g/mol. The first-order valence-corrected chi connectivity index (χ1v) is 7.97. The number of hydrogen-bond donors (Lipinski definition) is 2. The average Bonchev–Trinajstić information content (AvgIpc) is 2.90. The molecule has 0 aromatic rings. The van der Waals surface area contributed by atoms with Gasteiger partial charge in [0.2, 0.25) is 0 Å². The number of esters is 1.